The first-order chi connectivity index (χ1) is 17.9. The number of hydrogen-bond acceptors (Lipinski definition) is 8. The molecule has 0 bridgehead atoms. The minimum Gasteiger partial charge on any atom is -0.325 e. The van der Waals surface area contributed by atoms with Crippen LogP contribution >= 0.6 is 46.2 Å². The molecular weight excluding hydrogens is 541 g/mol. The Balaban J connectivity index is 1.13. The van der Waals surface area contributed by atoms with E-state index < -0.39 is 0 Å². The van der Waals surface area contributed by atoms with E-state index in [1.807, 2.05) is 66.7 Å². The number of rotatable bonds is 9. The van der Waals surface area contributed by atoms with Crippen LogP contribution in [0.2, 0.25) is 0 Å². The highest BCUT2D eigenvalue weighted by atomic mass is 32.2. The summed E-state index contributed by atoms with van der Waals surface area (Å²) in [5.74, 6) is 0.868. The van der Waals surface area contributed by atoms with E-state index >= 15 is 0 Å². The van der Waals surface area contributed by atoms with Gasteiger partial charge < -0.3 is 10.6 Å². The van der Waals surface area contributed by atoms with E-state index in [1.165, 1.54) is 40.4 Å². The van der Waals surface area contributed by atoms with Crippen molar-refractivity contribution in [2.45, 2.75) is 28.4 Å². The fourth-order valence-corrected chi connectivity index (χ4v) is 7.33. The minimum absolute atomic E-state index is 0.0693. The second kappa shape index (κ2) is 11.6. The summed E-state index contributed by atoms with van der Waals surface area (Å²) in [5, 5.41) is 5.90. The fourth-order valence-electron chi connectivity index (χ4n) is 3.56. The molecule has 0 saturated heterocycles. The summed E-state index contributed by atoms with van der Waals surface area (Å²) in [6, 6.07) is 21.6. The molecular formula is C27H24N4O2S4. The number of benzene rings is 3. The predicted octanol–water partition coefficient (Wildman–Crippen LogP) is 7.49. The van der Waals surface area contributed by atoms with Gasteiger partial charge in [-0.05, 0) is 53.9 Å². The molecule has 10 heteroatoms. The van der Waals surface area contributed by atoms with Crippen molar-refractivity contribution >= 4 is 89.8 Å². The van der Waals surface area contributed by atoms with Crippen LogP contribution in [0.5, 0.6) is 0 Å². The number of aromatic nitrogens is 2. The zero-order valence-electron chi connectivity index (χ0n) is 20.2. The summed E-state index contributed by atoms with van der Waals surface area (Å²) in [6.07, 6.45) is 0. The maximum atomic E-state index is 12.5. The van der Waals surface area contributed by atoms with Crippen LogP contribution in [0.15, 0.2) is 75.4 Å². The first-order valence-electron chi connectivity index (χ1n) is 11.6. The van der Waals surface area contributed by atoms with Crippen molar-refractivity contribution in [3.05, 3.63) is 72.3 Å². The van der Waals surface area contributed by atoms with Crippen molar-refractivity contribution in [1.82, 2.24) is 9.97 Å². The zero-order chi connectivity index (χ0) is 25.8. The summed E-state index contributed by atoms with van der Waals surface area (Å²) in [4.78, 5) is 34.1. The number of anilines is 2. The lowest BCUT2D eigenvalue weighted by molar-refractivity contribution is -0.114. The summed E-state index contributed by atoms with van der Waals surface area (Å²) in [6.45, 7) is 4.29. The Kier molecular flexibility index (Phi) is 8.09. The van der Waals surface area contributed by atoms with Gasteiger partial charge in [-0.1, -0.05) is 61.6 Å². The average molecular weight is 565 g/mol. The van der Waals surface area contributed by atoms with Crippen LogP contribution in [0.4, 0.5) is 11.4 Å². The van der Waals surface area contributed by atoms with Crippen molar-refractivity contribution in [1.29, 1.82) is 0 Å². The second-order valence-corrected chi connectivity index (χ2v) is 13.1. The number of carbonyl (C=O) groups excluding carboxylic acids is 2. The molecule has 5 aromatic rings. The van der Waals surface area contributed by atoms with Gasteiger partial charge in [0, 0.05) is 11.4 Å². The van der Waals surface area contributed by atoms with E-state index in [4.69, 9.17) is 0 Å². The third-order valence-corrected chi connectivity index (χ3v) is 9.78. The van der Waals surface area contributed by atoms with Gasteiger partial charge in [-0.25, -0.2) is 9.97 Å². The Hall–Kier alpha value is -2.92. The third kappa shape index (κ3) is 6.70. The first-order valence-corrected chi connectivity index (χ1v) is 15.2. The SMILES string of the molecule is CC(C)c1ccc(NC(=O)CSc2nc3ccc(NC(=O)CSc4nc5ccccc5s4)cc3s2)cc1. The lowest BCUT2D eigenvalue weighted by atomic mass is 10.0. The molecule has 2 amide bonds. The summed E-state index contributed by atoms with van der Waals surface area (Å²) in [5.41, 5.74) is 4.56. The van der Waals surface area contributed by atoms with E-state index in [9.17, 15) is 9.59 Å². The molecule has 0 radical (unpaired) electrons. The van der Waals surface area contributed by atoms with E-state index in [-0.39, 0.29) is 23.3 Å². The van der Waals surface area contributed by atoms with Gasteiger partial charge in [0.15, 0.2) is 8.68 Å². The maximum Gasteiger partial charge on any atom is 0.234 e. The van der Waals surface area contributed by atoms with Gasteiger partial charge in [0.05, 0.1) is 31.9 Å². The van der Waals surface area contributed by atoms with Gasteiger partial charge in [-0.3, -0.25) is 9.59 Å². The molecule has 37 heavy (non-hydrogen) atoms. The molecule has 2 N–H and O–H groups in total. The standard InChI is InChI=1S/C27H24N4O2S4/c1-16(2)17-7-9-18(10-8-17)28-24(32)14-35-27-31-21-12-11-19(13-23(21)37-27)29-25(33)15-34-26-30-20-5-3-4-6-22(20)36-26/h3-13,16H,14-15H2,1-2H3,(H,28,32)(H,29,33). The molecule has 2 heterocycles. The van der Waals surface area contributed by atoms with Crippen LogP contribution in [-0.4, -0.2) is 33.3 Å². The van der Waals surface area contributed by atoms with Crippen molar-refractivity contribution < 1.29 is 9.59 Å². The molecule has 0 fully saturated rings. The number of amides is 2. The van der Waals surface area contributed by atoms with Gasteiger partial charge in [0.1, 0.15) is 0 Å². The highest BCUT2D eigenvalue weighted by Gasteiger charge is 2.12. The van der Waals surface area contributed by atoms with Gasteiger partial charge in [0.2, 0.25) is 11.8 Å². The van der Waals surface area contributed by atoms with Crippen LogP contribution in [0.25, 0.3) is 20.4 Å². The number of carbonyl (C=O) groups is 2. The van der Waals surface area contributed by atoms with Gasteiger partial charge in [0.25, 0.3) is 0 Å². The number of nitrogens with zero attached hydrogens (tertiary/aromatic N) is 2. The quantitative estimate of drug-likeness (QED) is 0.181. The molecule has 3 aromatic carbocycles. The van der Waals surface area contributed by atoms with E-state index in [0.717, 1.165) is 40.5 Å². The molecule has 6 nitrogen and oxygen atoms in total. The number of thioether (sulfide) groups is 2. The molecule has 0 unspecified atom stereocenters. The van der Waals surface area contributed by atoms with Crippen LogP contribution in [0.1, 0.15) is 25.3 Å². The molecule has 0 spiro atoms. The number of para-hydroxylation sites is 1. The zero-order valence-corrected chi connectivity index (χ0v) is 23.5. The van der Waals surface area contributed by atoms with Crippen LogP contribution < -0.4 is 10.6 Å². The topological polar surface area (TPSA) is 84.0 Å². The number of thiazole rings is 2. The molecule has 5 rings (SSSR count). The summed E-state index contributed by atoms with van der Waals surface area (Å²) < 4.78 is 3.78. The summed E-state index contributed by atoms with van der Waals surface area (Å²) in [7, 11) is 0. The molecule has 0 saturated carbocycles. The lowest BCUT2D eigenvalue weighted by Gasteiger charge is -2.08. The number of fused-ring (bicyclic) bond motifs is 2. The Morgan fingerprint density at radius 1 is 0.757 bits per heavy atom. The molecule has 188 valence electrons. The van der Waals surface area contributed by atoms with Crippen molar-refractivity contribution in [3.63, 3.8) is 0 Å². The fraction of sp³-hybridized carbons (Fsp3) is 0.185. The smallest absolute Gasteiger partial charge is 0.234 e. The Bertz CT molecular complexity index is 1530. The van der Waals surface area contributed by atoms with Gasteiger partial charge >= 0.3 is 0 Å². The molecule has 0 aliphatic rings. The van der Waals surface area contributed by atoms with Gasteiger partial charge in [-0.15, -0.1) is 22.7 Å². The lowest BCUT2D eigenvalue weighted by Crippen LogP contribution is -2.13. The molecule has 0 aliphatic carbocycles. The van der Waals surface area contributed by atoms with Crippen LogP contribution in [0, 0.1) is 0 Å². The number of hydrogen-bond donors (Lipinski definition) is 2. The Labute approximate surface area is 231 Å². The minimum atomic E-state index is -0.0826. The monoisotopic (exact) mass is 564 g/mol. The second-order valence-electron chi connectivity index (χ2n) is 8.56. The normalized spacial score (nSPS) is 11.3. The summed E-state index contributed by atoms with van der Waals surface area (Å²) >= 11 is 5.95. The van der Waals surface area contributed by atoms with Crippen LogP contribution in [-0.2, 0) is 9.59 Å². The molecule has 0 aliphatic heterocycles. The van der Waals surface area contributed by atoms with Crippen molar-refractivity contribution in [2.24, 2.45) is 0 Å². The highest BCUT2D eigenvalue weighted by Crippen LogP contribution is 2.32. The van der Waals surface area contributed by atoms with Crippen molar-refractivity contribution in [2.75, 3.05) is 22.1 Å². The molecule has 0 atom stereocenters. The largest absolute Gasteiger partial charge is 0.325 e. The van der Waals surface area contributed by atoms with Crippen LogP contribution in [0.3, 0.4) is 0 Å². The number of nitrogens with one attached hydrogen (secondary N) is 2. The third-order valence-electron chi connectivity index (χ3n) is 5.44. The first kappa shape index (κ1) is 25.7. The molecule has 2 aromatic heterocycles. The van der Waals surface area contributed by atoms with Gasteiger partial charge in [-0.2, -0.15) is 0 Å². The highest BCUT2D eigenvalue weighted by molar-refractivity contribution is 8.02. The van der Waals surface area contributed by atoms with Crippen molar-refractivity contribution in [3.8, 4) is 0 Å². The van der Waals surface area contributed by atoms with E-state index in [2.05, 4.69) is 34.4 Å². The van der Waals surface area contributed by atoms with E-state index in [0.29, 0.717) is 5.92 Å². The maximum absolute atomic E-state index is 12.5. The predicted molar refractivity (Wildman–Crippen MR) is 158 cm³/mol. The average Bonchev–Trinajstić information content (AvgIpc) is 3.49. The Morgan fingerprint density at radius 3 is 1.97 bits per heavy atom. The Morgan fingerprint density at radius 2 is 1.32 bits per heavy atom. The van der Waals surface area contributed by atoms with E-state index in [1.54, 1.807) is 11.3 Å².